The van der Waals surface area contributed by atoms with E-state index in [4.69, 9.17) is 0 Å². The monoisotopic (exact) mass is 279 g/mol. The lowest BCUT2D eigenvalue weighted by atomic mass is 9.80. The largest absolute Gasteiger partial charge is 0.311 e. The van der Waals surface area contributed by atoms with Crippen LogP contribution >= 0.6 is 0 Å². The highest BCUT2D eigenvalue weighted by Gasteiger charge is 2.26. The maximum absolute atomic E-state index is 4.02. The van der Waals surface area contributed by atoms with Gasteiger partial charge in [0.1, 0.15) is 0 Å². The smallest absolute Gasteiger partial charge is 0.00722 e. The summed E-state index contributed by atoms with van der Waals surface area (Å²) in [6.45, 7) is 7.22. The van der Waals surface area contributed by atoms with Gasteiger partial charge in [-0.25, -0.2) is 0 Å². The molecule has 0 aromatic rings. The van der Waals surface area contributed by atoms with E-state index in [1.165, 1.54) is 70.6 Å². The molecule has 0 saturated heterocycles. The highest BCUT2D eigenvalue weighted by atomic mass is 15.0. The number of hydrogen-bond acceptors (Lipinski definition) is 1. The Labute approximate surface area is 127 Å². The van der Waals surface area contributed by atoms with Crippen molar-refractivity contribution in [3.05, 3.63) is 0 Å². The van der Waals surface area contributed by atoms with Crippen LogP contribution < -0.4 is 5.32 Å². The summed E-state index contributed by atoms with van der Waals surface area (Å²) in [6, 6.07) is 1.56. The fraction of sp³-hybridized carbons (Fsp3) is 1.00. The van der Waals surface area contributed by atoms with Crippen LogP contribution in [0.15, 0.2) is 0 Å². The van der Waals surface area contributed by atoms with Gasteiger partial charge >= 0.3 is 0 Å². The molecular formula is C19H37N. The molecule has 0 bridgehead atoms. The first-order chi connectivity index (χ1) is 9.65. The van der Waals surface area contributed by atoms with Gasteiger partial charge in [0.25, 0.3) is 0 Å². The summed E-state index contributed by atoms with van der Waals surface area (Å²) in [6.07, 6.45) is 16.1. The van der Waals surface area contributed by atoms with Gasteiger partial charge in [-0.2, -0.15) is 0 Å². The predicted octanol–water partition coefficient (Wildman–Crippen LogP) is 5.54. The van der Waals surface area contributed by atoms with Gasteiger partial charge in [0.15, 0.2) is 0 Å². The van der Waals surface area contributed by atoms with Crippen LogP contribution in [-0.4, -0.2) is 12.1 Å². The van der Waals surface area contributed by atoms with Crippen LogP contribution in [0, 0.1) is 17.8 Å². The minimum atomic E-state index is 0.746. The molecule has 2 fully saturated rings. The second kappa shape index (κ2) is 8.41. The van der Waals surface area contributed by atoms with E-state index in [-0.39, 0.29) is 0 Å². The van der Waals surface area contributed by atoms with Crippen molar-refractivity contribution in [3.8, 4) is 0 Å². The number of rotatable bonds is 5. The van der Waals surface area contributed by atoms with Crippen molar-refractivity contribution in [3.63, 3.8) is 0 Å². The molecule has 0 aromatic carbocycles. The van der Waals surface area contributed by atoms with E-state index < -0.39 is 0 Å². The SMILES string of the molecule is CC(C)CC1CCCC(N[C@H](C)C2CCCCCC2)C1. The fourth-order valence-electron chi connectivity index (χ4n) is 4.64. The van der Waals surface area contributed by atoms with Gasteiger partial charge in [-0.3, -0.25) is 0 Å². The lowest BCUT2D eigenvalue weighted by Gasteiger charge is -2.35. The fourth-order valence-corrected chi connectivity index (χ4v) is 4.64. The average Bonchev–Trinajstić information content (AvgIpc) is 2.67. The van der Waals surface area contributed by atoms with Crippen molar-refractivity contribution in [1.82, 2.24) is 5.32 Å². The van der Waals surface area contributed by atoms with E-state index in [0.717, 1.165) is 29.8 Å². The molecule has 0 aromatic heterocycles. The molecule has 118 valence electrons. The summed E-state index contributed by atoms with van der Waals surface area (Å²) in [7, 11) is 0. The molecule has 1 nitrogen and oxygen atoms in total. The van der Waals surface area contributed by atoms with Crippen LogP contribution in [0.5, 0.6) is 0 Å². The van der Waals surface area contributed by atoms with Gasteiger partial charge in [0.05, 0.1) is 0 Å². The topological polar surface area (TPSA) is 12.0 Å². The Morgan fingerprint density at radius 3 is 2.20 bits per heavy atom. The van der Waals surface area contributed by atoms with E-state index in [1.54, 1.807) is 0 Å². The van der Waals surface area contributed by atoms with Gasteiger partial charge in [-0.1, -0.05) is 52.4 Å². The Hall–Kier alpha value is -0.0400. The zero-order valence-electron chi connectivity index (χ0n) is 14.2. The normalized spacial score (nSPS) is 31.2. The Bertz CT molecular complexity index is 252. The molecule has 0 radical (unpaired) electrons. The zero-order valence-corrected chi connectivity index (χ0v) is 14.2. The third kappa shape index (κ3) is 5.39. The molecule has 2 aliphatic rings. The molecule has 2 saturated carbocycles. The molecule has 2 unspecified atom stereocenters. The van der Waals surface area contributed by atoms with Gasteiger partial charge in [-0.05, 0) is 56.8 Å². The van der Waals surface area contributed by atoms with E-state index in [0.29, 0.717) is 0 Å². The molecule has 1 heteroatoms. The third-order valence-corrected chi connectivity index (χ3v) is 5.69. The van der Waals surface area contributed by atoms with Crippen LogP contribution in [0.25, 0.3) is 0 Å². The molecule has 0 amide bonds. The average molecular weight is 280 g/mol. The van der Waals surface area contributed by atoms with Crippen LogP contribution in [0.3, 0.4) is 0 Å². The summed E-state index contributed by atoms with van der Waals surface area (Å²) in [5.74, 6) is 2.81. The molecule has 2 rings (SSSR count). The van der Waals surface area contributed by atoms with Crippen molar-refractivity contribution >= 4 is 0 Å². The summed E-state index contributed by atoms with van der Waals surface area (Å²) in [4.78, 5) is 0. The summed E-state index contributed by atoms with van der Waals surface area (Å²) in [5.41, 5.74) is 0. The molecule has 0 aliphatic heterocycles. The van der Waals surface area contributed by atoms with E-state index >= 15 is 0 Å². The van der Waals surface area contributed by atoms with Crippen LogP contribution in [-0.2, 0) is 0 Å². The molecule has 1 N–H and O–H groups in total. The minimum Gasteiger partial charge on any atom is -0.311 e. The van der Waals surface area contributed by atoms with Crippen molar-refractivity contribution in [2.45, 2.75) is 103 Å². The maximum atomic E-state index is 4.02. The first-order valence-electron chi connectivity index (χ1n) is 9.41. The summed E-state index contributed by atoms with van der Waals surface area (Å²) in [5, 5.41) is 4.02. The molecule has 0 heterocycles. The molecule has 2 aliphatic carbocycles. The molecule has 0 spiro atoms. The summed E-state index contributed by atoms with van der Waals surface area (Å²) >= 11 is 0. The molecule has 20 heavy (non-hydrogen) atoms. The minimum absolute atomic E-state index is 0.746. The standard InChI is InChI=1S/C19H37N/c1-15(2)13-17-9-8-12-19(14-17)20-16(3)18-10-6-4-5-7-11-18/h15-20H,4-14H2,1-3H3/t16-,17?,19?/m1/s1. The van der Waals surface area contributed by atoms with Crippen molar-refractivity contribution in [2.24, 2.45) is 17.8 Å². The lowest BCUT2D eigenvalue weighted by Crippen LogP contribution is -2.43. The van der Waals surface area contributed by atoms with Gasteiger partial charge < -0.3 is 5.32 Å². The first-order valence-corrected chi connectivity index (χ1v) is 9.41. The van der Waals surface area contributed by atoms with Gasteiger partial charge in [0, 0.05) is 12.1 Å². The lowest BCUT2D eigenvalue weighted by molar-refractivity contribution is 0.218. The number of nitrogens with one attached hydrogen (secondary N) is 1. The Morgan fingerprint density at radius 1 is 0.850 bits per heavy atom. The zero-order chi connectivity index (χ0) is 14.4. The van der Waals surface area contributed by atoms with Crippen LogP contribution in [0.1, 0.15) is 91.4 Å². The third-order valence-electron chi connectivity index (χ3n) is 5.69. The van der Waals surface area contributed by atoms with Crippen molar-refractivity contribution in [2.75, 3.05) is 0 Å². The predicted molar refractivity (Wildman–Crippen MR) is 89.0 cm³/mol. The van der Waals surface area contributed by atoms with Crippen molar-refractivity contribution in [1.29, 1.82) is 0 Å². The van der Waals surface area contributed by atoms with E-state index in [9.17, 15) is 0 Å². The second-order valence-corrected chi connectivity index (χ2v) is 8.07. The summed E-state index contributed by atoms with van der Waals surface area (Å²) < 4.78 is 0. The van der Waals surface area contributed by atoms with Crippen LogP contribution in [0.2, 0.25) is 0 Å². The van der Waals surface area contributed by atoms with Gasteiger partial charge in [0.2, 0.25) is 0 Å². The quantitative estimate of drug-likeness (QED) is 0.651. The first kappa shape index (κ1) is 16.3. The Kier molecular flexibility index (Phi) is 6.87. The highest BCUT2D eigenvalue weighted by Crippen LogP contribution is 2.31. The van der Waals surface area contributed by atoms with Crippen LogP contribution in [0.4, 0.5) is 0 Å². The van der Waals surface area contributed by atoms with Gasteiger partial charge in [-0.15, -0.1) is 0 Å². The Morgan fingerprint density at radius 2 is 1.55 bits per heavy atom. The maximum Gasteiger partial charge on any atom is 0.00722 e. The van der Waals surface area contributed by atoms with E-state index in [2.05, 4.69) is 26.1 Å². The molecular weight excluding hydrogens is 242 g/mol. The van der Waals surface area contributed by atoms with E-state index in [1.807, 2.05) is 0 Å². The Balaban J connectivity index is 1.76. The second-order valence-electron chi connectivity index (χ2n) is 8.07. The number of hydrogen-bond donors (Lipinski definition) is 1. The molecule has 3 atom stereocenters. The van der Waals surface area contributed by atoms with Crippen molar-refractivity contribution < 1.29 is 0 Å². The highest BCUT2D eigenvalue weighted by molar-refractivity contribution is 4.83.